The first-order valence-corrected chi connectivity index (χ1v) is 5.77. The highest BCUT2D eigenvalue weighted by atomic mass is 35.5. The minimum absolute atomic E-state index is 0.0880. The van der Waals surface area contributed by atoms with Gasteiger partial charge >= 0.3 is 8.74 Å². The third-order valence-corrected chi connectivity index (χ3v) is 2.89. The Hall–Kier alpha value is -0.413. The lowest BCUT2D eigenvalue weighted by molar-refractivity contribution is 0.642. The second-order valence-corrected chi connectivity index (χ2v) is 5.19. The van der Waals surface area contributed by atoms with E-state index in [1.54, 1.807) is 12.1 Å². The van der Waals surface area contributed by atoms with E-state index in [9.17, 15) is 8.22 Å². The molecular weight excluding hydrogens is 186 g/mol. The first-order chi connectivity index (χ1) is 5.00. The summed E-state index contributed by atoms with van der Waals surface area (Å²) in [6.07, 6.45) is 0. The first kappa shape index (κ1) is 8.68. The fourth-order valence-electron chi connectivity index (χ4n) is 0.762. The topological polar surface area (TPSA) is 0 Å². The van der Waals surface area contributed by atoms with Crippen molar-refractivity contribution in [3.63, 3.8) is 0 Å². The predicted octanol–water partition coefficient (Wildman–Crippen LogP) is 2.56. The minimum atomic E-state index is -4.15. The molecule has 0 amide bonds. The summed E-state index contributed by atoms with van der Waals surface area (Å²) in [5.41, 5.74) is 0. The SMILES string of the molecule is C[Si](F)(F)c1cccc(Cl)c1. The van der Waals surface area contributed by atoms with Gasteiger partial charge in [0.15, 0.2) is 0 Å². The summed E-state index contributed by atoms with van der Waals surface area (Å²) in [4.78, 5) is 0. The third-order valence-electron chi connectivity index (χ3n) is 1.33. The molecule has 0 bridgehead atoms. The van der Waals surface area contributed by atoms with Crippen LogP contribution in [0, 0.1) is 0 Å². The van der Waals surface area contributed by atoms with Gasteiger partial charge in [0.2, 0.25) is 0 Å². The molecule has 0 N–H and O–H groups in total. The van der Waals surface area contributed by atoms with Gasteiger partial charge in [0, 0.05) is 10.2 Å². The summed E-state index contributed by atoms with van der Waals surface area (Å²) >= 11 is 5.54. The zero-order chi connectivity index (χ0) is 8.48. The van der Waals surface area contributed by atoms with Crippen molar-refractivity contribution in [3.05, 3.63) is 29.3 Å². The molecule has 0 spiro atoms. The maximum absolute atomic E-state index is 12.7. The molecule has 4 heteroatoms. The number of halogens is 3. The number of hydrogen-bond acceptors (Lipinski definition) is 0. The average molecular weight is 193 g/mol. The van der Waals surface area contributed by atoms with Gasteiger partial charge in [0.25, 0.3) is 0 Å². The van der Waals surface area contributed by atoms with Gasteiger partial charge in [-0.05, 0) is 18.7 Å². The molecular formula is C7H7ClF2Si. The fraction of sp³-hybridized carbons (Fsp3) is 0.143. The van der Waals surface area contributed by atoms with Crippen LogP contribution in [0.2, 0.25) is 11.6 Å². The molecule has 0 radical (unpaired) electrons. The molecule has 0 saturated carbocycles. The zero-order valence-corrected chi connectivity index (χ0v) is 7.70. The van der Waals surface area contributed by atoms with Crippen molar-refractivity contribution in [2.45, 2.75) is 6.55 Å². The first-order valence-electron chi connectivity index (χ1n) is 3.14. The Labute approximate surface area is 70.2 Å². The summed E-state index contributed by atoms with van der Waals surface area (Å²) in [6.45, 7) is 0.985. The van der Waals surface area contributed by atoms with Crippen LogP contribution in [0.1, 0.15) is 0 Å². The van der Waals surface area contributed by atoms with Crippen molar-refractivity contribution in [3.8, 4) is 0 Å². The summed E-state index contributed by atoms with van der Waals surface area (Å²) in [7, 11) is -4.15. The standard InChI is InChI=1S/C7H7ClF2Si/c1-11(9,10)7-4-2-3-6(8)5-7/h2-5H,1H3. The summed E-state index contributed by atoms with van der Waals surface area (Å²) in [5.74, 6) is 0. The third kappa shape index (κ3) is 2.27. The van der Waals surface area contributed by atoms with E-state index in [4.69, 9.17) is 11.6 Å². The lowest BCUT2D eigenvalue weighted by Gasteiger charge is -2.05. The van der Waals surface area contributed by atoms with Crippen LogP contribution < -0.4 is 5.19 Å². The van der Waals surface area contributed by atoms with E-state index in [-0.39, 0.29) is 5.19 Å². The van der Waals surface area contributed by atoms with Crippen LogP contribution in [0.5, 0.6) is 0 Å². The van der Waals surface area contributed by atoms with E-state index in [2.05, 4.69) is 0 Å². The van der Waals surface area contributed by atoms with Gasteiger partial charge in [-0.3, -0.25) is 8.22 Å². The molecule has 0 nitrogen and oxygen atoms in total. The lowest BCUT2D eigenvalue weighted by Crippen LogP contribution is -2.34. The Kier molecular flexibility index (Phi) is 2.30. The second-order valence-electron chi connectivity index (χ2n) is 2.40. The van der Waals surface area contributed by atoms with E-state index in [0.717, 1.165) is 6.55 Å². The Balaban J connectivity index is 3.06. The molecule has 0 fully saturated rings. The van der Waals surface area contributed by atoms with Gasteiger partial charge in [0.05, 0.1) is 0 Å². The predicted molar refractivity (Wildman–Crippen MR) is 44.9 cm³/mol. The van der Waals surface area contributed by atoms with Crippen LogP contribution in [0.25, 0.3) is 0 Å². The second kappa shape index (κ2) is 2.91. The molecule has 0 atom stereocenters. The van der Waals surface area contributed by atoms with Crippen molar-refractivity contribution in [1.29, 1.82) is 0 Å². The van der Waals surface area contributed by atoms with Gasteiger partial charge in [-0.25, -0.2) is 0 Å². The molecule has 0 saturated heterocycles. The minimum Gasteiger partial charge on any atom is -0.265 e. The molecule has 60 valence electrons. The van der Waals surface area contributed by atoms with E-state index in [1.807, 2.05) is 0 Å². The maximum Gasteiger partial charge on any atom is 0.452 e. The molecule has 1 aromatic rings. The smallest absolute Gasteiger partial charge is 0.265 e. The van der Waals surface area contributed by atoms with Gasteiger partial charge < -0.3 is 0 Å². The van der Waals surface area contributed by atoms with Gasteiger partial charge in [-0.1, -0.05) is 23.7 Å². The van der Waals surface area contributed by atoms with Crippen LogP contribution in [-0.4, -0.2) is 8.74 Å². The van der Waals surface area contributed by atoms with Crippen molar-refractivity contribution in [2.24, 2.45) is 0 Å². The highest BCUT2D eigenvalue weighted by Gasteiger charge is 2.30. The highest BCUT2D eigenvalue weighted by molar-refractivity contribution is 6.78. The Morgan fingerprint density at radius 2 is 2.00 bits per heavy atom. The number of hydrogen-bond donors (Lipinski definition) is 0. The molecule has 0 aromatic heterocycles. The Bertz CT molecular complexity index is 257. The van der Waals surface area contributed by atoms with Crippen LogP contribution >= 0.6 is 11.6 Å². The quantitative estimate of drug-likeness (QED) is 0.474. The summed E-state index contributed by atoms with van der Waals surface area (Å²) < 4.78 is 25.4. The number of rotatable bonds is 1. The van der Waals surface area contributed by atoms with Gasteiger partial charge in [0.1, 0.15) is 0 Å². The van der Waals surface area contributed by atoms with Gasteiger partial charge in [-0.2, -0.15) is 0 Å². The van der Waals surface area contributed by atoms with E-state index in [1.165, 1.54) is 12.1 Å². The van der Waals surface area contributed by atoms with Crippen molar-refractivity contribution >= 4 is 25.5 Å². The Morgan fingerprint density at radius 1 is 1.36 bits per heavy atom. The van der Waals surface area contributed by atoms with Gasteiger partial charge in [-0.15, -0.1) is 0 Å². The molecule has 0 heterocycles. The monoisotopic (exact) mass is 192 g/mol. The summed E-state index contributed by atoms with van der Waals surface area (Å²) in [5, 5.41) is 0.460. The molecule has 0 unspecified atom stereocenters. The van der Waals surface area contributed by atoms with E-state index in [0.29, 0.717) is 5.02 Å². The van der Waals surface area contributed by atoms with Crippen LogP contribution in [0.4, 0.5) is 8.22 Å². The molecule has 1 aromatic carbocycles. The average Bonchev–Trinajstić information content (AvgIpc) is 1.86. The Morgan fingerprint density at radius 3 is 2.36 bits per heavy atom. The van der Waals surface area contributed by atoms with Crippen molar-refractivity contribution in [1.82, 2.24) is 0 Å². The molecule has 0 aliphatic carbocycles. The lowest BCUT2D eigenvalue weighted by atomic mass is 10.4. The van der Waals surface area contributed by atoms with Crippen molar-refractivity contribution < 1.29 is 8.22 Å². The number of benzene rings is 1. The molecule has 0 aliphatic rings. The summed E-state index contributed by atoms with van der Waals surface area (Å²) in [6, 6.07) is 5.87. The normalized spacial score (nSPS) is 11.6. The van der Waals surface area contributed by atoms with Crippen LogP contribution in [0.15, 0.2) is 24.3 Å². The van der Waals surface area contributed by atoms with Crippen LogP contribution in [0.3, 0.4) is 0 Å². The molecule has 1 rings (SSSR count). The zero-order valence-electron chi connectivity index (χ0n) is 5.94. The fourth-order valence-corrected chi connectivity index (χ4v) is 1.84. The van der Waals surface area contributed by atoms with Crippen LogP contribution in [-0.2, 0) is 0 Å². The van der Waals surface area contributed by atoms with E-state index < -0.39 is 8.74 Å². The molecule has 0 aliphatic heterocycles. The highest BCUT2D eigenvalue weighted by Crippen LogP contribution is 2.10. The van der Waals surface area contributed by atoms with E-state index >= 15 is 0 Å². The maximum atomic E-state index is 12.7. The van der Waals surface area contributed by atoms with Crippen molar-refractivity contribution in [2.75, 3.05) is 0 Å². The molecule has 11 heavy (non-hydrogen) atoms. The largest absolute Gasteiger partial charge is 0.452 e.